The van der Waals surface area contributed by atoms with E-state index in [4.69, 9.17) is 8.83 Å². The van der Waals surface area contributed by atoms with E-state index in [0.29, 0.717) is 29.4 Å². The van der Waals surface area contributed by atoms with E-state index in [0.717, 1.165) is 31.2 Å². The van der Waals surface area contributed by atoms with Gasteiger partial charge in [0, 0.05) is 12.1 Å². The fourth-order valence-corrected chi connectivity index (χ4v) is 4.12. The van der Waals surface area contributed by atoms with Gasteiger partial charge in [0.15, 0.2) is 5.58 Å². The van der Waals surface area contributed by atoms with Crippen LogP contribution in [0, 0.1) is 0 Å². The third kappa shape index (κ3) is 3.76. The highest BCUT2D eigenvalue weighted by Gasteiger charge is 2.31. The molecule has 1 aliphatic rings. The number of nitrogens with zero attached hydrogens (tertiary/aromatic N) is 4. The predicted octanol–water partition coefficient (Wildman–Crippen LogP) is 3.79. The first-order chi connectivity index (χ1) is 15.2. The normalized spacial score (nSPS) is 17.0. The first-order valence-corrected chi connectivity index (χ1v) is 10.5. The van der Waals surface area contributed by atoms with Crippen LogP contribution in [0.15, 0.2) is 68.2 Å². The third-order valence-electron chi connectivity index (χ3n) is 5.69. The molecule has 1 amide bonds. The number of fused-ring (bicyclic) bond motifs is 1. The van der Waals surface area contributed by atoms with Gasteiger partial charge >= 0.3 is 5.76 Å². The largest absolute Gasteiger partial charge is 0.420 e. The van der Waals surface area contributed by atoms with Crippen LogP contribution in [0.2, 0.25) is 0 Å². The maximum absolute atomic E-state index is 13.3. The molecule has 0 spiro atoms. The second-order valence-electron chi connectivity index (χ2n) is 7.69. The molecule has 5 rings (SSSR count). The number of aromatic nitrogens is 3. The zero-order chi connectivity index (χ0) is 21.2. The summed E-state index contributed by atoms with van der Waals surface area (Å²) < 4.78 is 12.6. The fraction of sp³-hybridized carbons (Fsp3) is 0.304. The maximum atomic E-state index is 13.3. The number of oxazole rings is 1. The highest BCUT2D eigenvalue weighted by molar-refractivity contribution is 5.80. The van der Waals surface area contributed by atoms with E-state index in [1.807, 2.05) is 36.4 Å². The maximum Gasteiger partial charge on any atom is 0.420 e. The van der Waals surface area contributed by atoms with Crippen molar-refractivity contribution in [2.45, 2.75) is 38.3 Å². The molecule has 0 aliphatic carbocycles. The molecule has 1 saturated heterocycles. The van der Waals surface area contributed by atoms with Crippen molar-refractivity contribution in [2.24, 2.45) is 0 Å². The molecule has 3 heterocycles. The lowest BCUT2D eigenvalue weighted by atomic mass is 10.1. The van der Waals surface area contributed by atoms with E-state index in [9.17, 15) is 9.59 Å². The first-order valence-electron chi connectivity index (χ1n) is 10.5. The SMILES string of the molecule is O=C(Cn1c(=O)oc2ccccc21)N1CCCCCC1c1nnc(-c2ccccc2)o1. The number of rotatable bonds is 4. The monoisotopic (exact) mass is 418 g/mol. The van der Waals surface area contributed by atoms with Gasteiger partial charge in [0.2, 0.25) is 17.7 Å². The molecule has 1 atom stereocenters. The average Bonchev–Trinajstić information content (AvgIpc) is 3.31. The van der Waals surface area contributed by atoms with Gasteiger partial charge in [-0.25, -0.2) is 4.79 Å². The van der Waals surface area contributed by atoms with Gasteiger partial charge in [-0.05, 0) is 37.1 Å². The molecule has 8 heteroatoms. The summed E-state index contributed by atoms with van der Waals surface area (Å²) in [7, 11) is 0. The molecular weight excluding hydrogens is 396 g/mol. The number of para-hydroxylation sites is 2. The first kappa shape index (κ1) is 19.3. The minimum atomic E-state index is -0.537. The Morgan fingerprint density at radius 1 is 0.968 bits per heavy atom. The molecule has 158 valence electrons. The van der Waals surface area contributed by atoms with Gasteiger partial charge in [-0.2, -0.15) is 0 Å². The molecule has 31 heavy (non-hydrogen) atoms. The summed E-state index contributed by atoms with van der Waals surface area (Å²) in [5, 5.41) is 8.45. The van der Waals surface area contributed by atoms with Gasteiger partial charge in [0.05, 0.1) is 5.52 Å². The number of benzene rings is 2. The molecule has 0 N–H and O–H groups in total. The number of carbonyl (C=O) groups excluding carboxylic acids is 1. The molecule has 0 radical (unpaired) electrons. The minimum Gasteiger partial charge on any atom is -0.418 e. The lowest BCUT2D eigenvalue weighted by molar-refractivity contribution is -0.134. The zero-order valence-electron chi connectivity index (χ0n) is 16.9. The summed E-state index contributed by atoms with van der Waals surface area (Å²) in [5.74, 6) is 0.160. The number of hydrogen-bond acceptors (Lipinski definition) is 6. The molecule has 1 aliphatic heterocycles. The predicted molar refractivity (Wildman–Crippen MR) is 113 cm³/mol. The van der Waals surface area contributed by atoms with Crippen LogP contribution in [-0.4, -0.2) is 32.1 Å². The lowest BCUT2D eigenvalue weighted by Gasteiger charge is -2.27. The number of likely N-dealkylation sites (tertiary alicyclic amines) is 1. The van der Waals surface area contributed by atoms with Crippen LogP contribution in [0.25, 0.3) is 22.6 Å². The van der Waals surface area contributed by atoms with E-state index >= 15 is 0 Å². The topological polar surface area (TPSA) is 94.4 Å². The van der Waals surface area contributed by atoms with Crippen molar-refractivity contribution in [1.29, 1.82) is 0 Å². The Kier molecular flexibility index (Phi) is 5.11. The van der Waals surface area contributed by atoms with E-state index in [1.54, 1.807) is 23.1 Å². The van der Waals surface area contributed by atoms with Gasteiger partial charge in [0.1, 0.15) is 12.6 Å². The zero-order valence-corrected chi connectivity index (χ0v) is 16.9. The summed E-state index contributed by atoms with van der Waals surface area (Å²) in [5.41, 5.74) is 1.91. The average molecular weight is 418 g/mol. The Hall–Kier alpha value is -3.68. The van der Waals surface area contributed by atoms with Crippen molar-refractivity contribution in [3.8, 4) is 11.5 Å². The Balaban J connectivity index is 1.43. The molecule has 1 unspecified atom stereocenters. The Morgan fingerprint density at radius 3 is 2.65 bits per heavy atom. The summed E-state index contributed by atoms with van der Waals surface area (Å²) in [6.07, 6.45) is 3.62. The summed E-state index contributed by atoms with van der Waals surface area (Å²) >= 11 is 0. The lowest BCUT2D eigenvalue weighted by Crippen LogP contribution is -2.38. The van der Waals surface area contributed by atoms with Crippen molar-refractivity contribution in [1.82, 2.24) is 19.7 Å². The number of carbonyl (C=O) groups is 1. The van der Waals surface area contributed by atoms with Crippen LogP contribution in [-0.2, 0) is 11.3 Å². The van der Waals surface area contributed by atoms with Gasteiger partial charge in [0.25, 0.3) is 0 Å². The Bertz CT molecular complexity index is 1260. The van der Waals surface area contributed by atoms with E-state index < -0.39 is 5.76 Å². The van der Waals surface area contributed by atoms with Crippen LogP contribution < -0.4 is 5.76 Å². The molecule has 2 aromatic heterocycles. The van der Waals surface area contributed by atoms with Crippen LogP contribution >= 0.6 is 0 Å². The number of hydrogen-bond donors (Lipinski definition) is 0. The highest BCUT2D eigenvalue weighted by atomic mass is 16.4. The van der Waals surface area contributed by atoms with Crippen LogP contribution in [0.1, 0.15) is 37.6 Å². The standard InChI is InChI=1S/C23H22N4O4/c28-20(15-27-17-11-6-7-13-19(17)30-23(27)29)26-14-8-2-5-12-18(26)22-25-24-21(31-22)16-9-3-1-4-10-16/h1,3-4,6-7,9-11,13,18H,2,5,8,12,14-15H2. The van der Waals surface area contributed by atoms with Crippen LogP contribution in [0.4, 0.5) is 0 Å². The van der Waals surface area contributed by atoms with Crippen molar-refractivity contribution >= 4 is 17.0 Å². The van der Waals surface area contributed by atoms with Crippen molar-refractivity contribution < 1.29 is 13.6 Å². The highest BCUT2D eigenvalue weighted by Crippen LogP contribution is 2.31. The van der Waals surface area contributed by atoms with E-state index in [-0.39, 0.29) is 18.5 Å². The molecule has 4 aromatic rings. The Morgan fingerprint density at radius 2 is 1.77 bits per heavy atom. The van der Waals surface area contributed by atoms with Crippen LogP contribution in [0.5, 0.6) is 0 Å². The van der Waals surface area contributed by atoms with Gasteiger partial charge in [-0.1, -0.05) is 43.2 Å². The molecule has 0 saturated carbocycles. The molecule has 1 fully saturated rings. The second kappa shape index (κ2) is 8.22. The molecule has 2 aromatic carbocycles. The molecule has 0 bridgehead atoms. The molecule has 8 nitrogen and oxygen atoms in total. The van der Waals surface area contributed by atoms with Crippen molar-refractivity contribution in [3.05, 3.63) is 71.0 Å². The summed E-state index contributed by atoms with van der Waals surface area (Å²) in [6.45, 7) is 0.489. The summed E-state index contributed by atoms with van der Waals surface area (Å²) in [4.78, 5) is 27.4. The van der Waals surface area contributed by atoms with E-state index in [1.165, 1.54) is 4.57 Å². The molecular formula is C23H22N4O4. The second-order valence-corrected chi connectivity index (χ2v) is 7.69. The Labute approximate surface area is 178 Å². The van der Waals surface area contributed by atoms with Crippen LogP contribution in [0.3, 0.4) is 0 Å². The fourth-order valence-electron chi connectivity index (χ4n) is 4.12. The summed E-state index contributed by atoms with van der Waals surface area (Å²) in [6, 6.07) is 16.4. The number of amides is 1. The van der Waals surface area contributed by atoms with Gasteiger partial charge in [-0.15, -0.1) is 10.2 Å². The quantitative estimate of drug-likeness (QED) is 0.500. The third-order valence-corrected chi connectivity index (χ3v) is 5.69. The van der Waals surface area contributed by atoms with E-state index in [2.05, 4.69) is 10.2 Å². The van der Waals surface area contributed by atoms with Crippen molar-refractivity contribution in [3.63, 3.8) is 0 Å². The van der Waals surface area contributed by atoms with Crippen molar-refractivity contribution in [2.75, 3.05) is 6.54 Å². The minimum absolute atomic E-state index is 0.0912. The smallest absolute Gasteiger partial charge is 0.418 e. The van der Waals surface area contributed by atoms with Gasteiger partial charge < -0.3 is 13.7 Å². The van der Waals surface area contributed by atoms with Gasteiger partial charge in [-0.3, -0.25) is 9.36 Å².